The van der Waals surface area contributed by atoms with Gasteiger partial charge in [-0.3, -0.25) is 0 Å². The second-order valence-corrected chi connectivity index (χ2v) is 5.57. The summed E-state index contributed by atoms with van der Waals surface area (Å²) in [5.41, 5.74) is 2.92. The third kappa shape index (κ3) is 3.90. The molecule has 0 bridgehead atoms. The molecule has 0 fully saturated rings. The van der Waals surface area contributed by atoms with Crippen LogP contribution in [0.4, 0.5) is 10.5 Å². The van der Waals surface area contributed by atoms with Gasteiger partial charge in [0.2, 0.25) is 6.79 Å². The number of amides is 2. The third-order valence-electron chi connectivity index (χ3n) is 3.61. The topological polar surface area (TPSA) is 68.8 Å². The second-order valence-electron chi connectivity index (χ2n) is 5.57. The molecule has 1 aliphatic rings. The lowest BCUT2D eigenvalue weighted by molar-refractivity contribution is 0.174. The first kappa shape index (κ1) is 16.0. The quantitative estimate of drug-likeness (QED) is 0.827. The predicted molar refractivity (Wildman–Crippen MR) is 91.0 cm³/mol. The van der Waals surface area contributed by atoms with Gasteiger partial charge in [-0.1, -0.05) is 17.7 Å². The minimum atomic E-state index is -0.293. The Hall–Kier alpha value is -2.89. The van der Waals surface area contributed by atoms with Crippen molar-refractivity contribution in [1.29, 1.82) is 0 Å². The van der Waals surface area contributed by atoms with Gasteiger partial charge in [0.15, 0.2) is 11.5 Å². The van der Waals surface area contributed by atoms with Gasteiger partial charge in [0.1, 0.15) is 12.4 Å². The van der Waals surface area contributed by atoms with Crippen molar-refractivity contribution >= 4 is 11.7 Å². The molecule has 0 saturated carbocycles. The minimum Gasteiger partial charge on any atom is -0.491 e. The Bertz CT molecular complexity index is 746. The number of hydrogen-bond donors (Lipinski definition) is 2. The number of carbonyl (C=O) groups is 1. The Balaban J connectivity index is 1.42. The molecule has 2 aromatic rings. The van der Waals surface area contributed by atoms with Crippen LogP contribution >= 0.6 is 0 Å². The Morgan fingerprint density at radius 3 is 2.79 bits per heavy atom. The van der Waals surface area contributed by atoms with Gasteiger partial charge in [0.25, 0.3) is 0 Å². The van der Waals surface area contributed by atoms with Crippen molar-refractivity contribution in [3.8, 4) is 17.2 Å². The lowest BCUT2D eigenvalue weighted by atomic mass is 10.1. The average molecular weight is 328 g/mol. The number of benzene rings is 2. The van der Waals surface area contributed by atoms with E-state index in [1.165, 1.54) is 5.56 Å². The van der Waals surface area contributed by atoms with Crippen LogP contribution in [0.3, 0.4) is 0 Å². The Kier molecular flexibility index (Phi) is 4.74. The molecule has 0 spiro atoms. The first-order chi connectivity index (χ1) is 11.6. The maximum absolute atomic E-state index is 11.9. The van der Waals surface area contributed by atoms with E-state index < -0.39 is 0 Å². The summed E-state index contributed by atoms with van der Waals surface area (Å²) in [6.07, 6.45) is 0. The fourth-order valence-electron chi connectivity index (χ4n) is 2.44. The SMILES string of the molecule is Cc1ccc(OCCNC(=O)Nc2ccc3c(c2)OCO3)c(C)c1. The average Bonchev–Trinajstić information content (AvgIpc) is 3.01. The number of fused-ring (bicyclic) bond motifs is 1. The van der Waals surface area contributed by atoms with E-state index in [9.17, 15) is 4.79 Å². The number of rotatable bonds is 5. The minimum absolute atomic E-state index is 0.209. The molecule has 0 unspecified atom stereocenters. The lowest BCUT2D eigenvalue weighted by Crippen LogP contribution is -2.32. The summed E-state index contributed by atoms with van der Waals surface area (Å²) in [5, 5.41) is 5.50. The molecule has 2 amide bonds. The van der Waals surface area contributed by atoms with Crippen molar-refractivity contribution in [2.75, 3.05) is 25.3 Å². The molecule has 24 heavy (non-hydrogen) atoms. The molecule has 1 aliphatic heterocycles. The third-order valence-corrected chi connectivity index (χ3v) is 3.61. The number of hydrogen-bond acceptors (Lipinski definition) is 4. The molecule has 0 radical (unpaired) electrons. The van der Waals surface area contributed by atoms with Gasteiger partial charge in [-0.05, 0) is 37.6 Å². The number of urea groups is 1. The monoisotopic (exact) mass is 328 g/mol. The zero-order valence-corrected chi connectivity index (χ0v) is 13.7. The van der Waals surface area contributed by atoms with Crippen molar-refractivity contribution < 1.29 is 19.0 Å². The predicted octanol–water partition coefficient (Wildman–Crippen LogP) is 3.23. The first-order valence-electron chi connectivity index (χ1n) is 7.76. The zero-order valence-electron chi connectivity index (χ0n) is 13.7. The van der Waals surface area contributed by atoms with Gasteiger partial charge in [0, 0.05) is 11.8 Å². The molecule has 1 heterocycles. The van der Waals surface area contributed by atoms with E-state index >= 15 is 0 Å². The number of carbonyl (C=O) groups excluding carboxylic acids is 1. The smallest absolute Gasteiger partial charge is 0.319 e. The van der Waals surface area contributed by atoms with Crippen LogP contribution in [0.5, 0.6) is 17.2 Å². The van der Waals surface area contributed by atoms with Gasteiger partial charge in [0.05, 0.1) is 6.54 Å². The lowest BCUT2D eigenvalue weighted by Gasteiger charge is -2.11. The molecule has 3 rings (SSSR count). The maximum Gasteiger partial charge on any atom is 0.319 e. The van der Waals surface area contributed by atoms with Crippen molar-refractivity contribution in [3.05, 3.63) is 47.5 Å². The van der Waals surface area contributed by atoms with Crippen molar-refractivity contribution in [2.45, 2.75) is 13.8 Å². The van der Waals surface area contributed by atoms with Crippen LogP contribution in [-0.4, -0.2) is 26.0 Å². The fraction of sp³-hybridized carbons (Fsp3) is 0.278. The van der Waals surface area contributed by atoms with Crippen molar-refractivity contribution in [2.24, 2.45) is 0 Å². The Morgan fingerprint density at radius 1 is 1.12 bits per heavy atom. The first-order valence-corrected chi connectivity index (χ1v) is 7.76. The molecule has 126 valence electrons. The second kappa shape index (κ2) is 7.12. The summed E-state index contributed by atoms with van der Waals surface area (Å²) in [4.78, 5) is 11.9. The van der Waals surface area contributed by atoms with Crippen LogP contribution in [0.2, 0.25) is 0 Å². The summed E-state index contributed by atoms with van der Waals surface area (Å²) < 4.78 is 16.2. The fourth-order valence-corrected chi connectivity index (χ4v) is 2.44. The van der Waals surface area contributed by atoms with Gasteiger partial charge in [-0.25, -0.2) is 4.79 Å². The highest BCUT2D eigenvalue weighted by Gasteiger charge is 2.13. The normalized spacial score (nSPS) is 11.9. The highest BCUT2D eigenvalue weighted by Crippen LogP contribution is 2.34. The largest absolute Gasteiger partial charge is 0.491 e. The van der Waals surface area contributed by atoms with Gasteiger partial charge in [-0.2, -0.15) is 0 Å². The van der Waals surface area contributed by atoms with E-state index in [4.69, 9.17) is 14.2 Å². The molecule has 0 saturated heterocycles. The summed E-state index contributed by atoms with van der Waals surface area (Å²) in [7, 11) is 0. The highest BCUT2D eigenvalue weighted by atomic mass is 16.7. The summed E-state index contributed by atoms with van der Waals surface area (Å²) >= 11 is 0. The summed E-state index contributed by atoms with van der Waals surface area (Å²) in [6, 6.07) is 11.0. The highest BCUT2D eigenvalue weighted by molar-refractivity contribution is 5.89. The van der Waals surface area contributed by atoms with E-state index in [-0.39, 0.29) is 12.8 Å². The molecule has 2 N–H and O–H groups in total. The number of nitrogens with one attached hydrogen (secondary N) is 2. The van der Waals surface area contributed by atoms with Crippen LogP contribution < -0.4 is 24.8 Å². The van der Waals surface area contributed by atoms with Gasteiger partial charge >= 0.3 is 6.03 Å². The zero-order chi connectivity index (χ0) is 16.9. The van der Waals surface area contributed by atoms with Crippen molar-refractivity contribution in [1.82, 2.24) is 5.32 Å². The van der Waals surface area contributed by atoms with E-state index in [0.29, 0.717) is 30.3 Å². The van der Waals surface area contributed by atoms with Crippen molar-refractivity contribution in [3.63, 3.8) is 0 Å². The van der Waals surface area contributed by atoms with E-state index in [1.807, 2.05) is 26.0 Å². The molecule has 0 aromatic heterocycles. The summed E-state index contributed by atoms with van der Waals surface area (Å²) in [6.45, 7) is 5.06. The standard InChI is InChI=1S/C18H20N2O4/c1-12-3-5-15(13(2)9-12)22-8-7-19-18(21)20-14-4-6-16-17(10-14)24-11-23-16/h3-6,9-10H,7-8,11H2,1-2H3,(H2,19,20,21). The number of anilines is 1. The Labute approximate surface area is 140 Å². The van der Waals surface area contributed by atoms with Crippen LogP contribution in [0.1, 0.15) is 11.1 Å². The van der Waals surface area contributed by atoms with Crippen LogP contribution in [-0.2, 0) is 0 Å². The number of aryl methyl sites for hydroxylation is 2. The molecule has 6 nitrogen and oxygen atoms in total. The molecule has 2 aromatic carbocycles. The van der Waals surface area contributed by atoms with E-state index in [1.54, 1.807) is 18.2 Å². The van der Waals surface area contributed by atoms with E-state index in [2.05, 4.69) is 16.7 Å². The van der Waals surface area contributed by atoms with Crippen LogP contribution in [0.25, 0.3) is 0 Å². The Morgan fingerprint density at radius 2 is 1.96 bits per heavy atom. The van der Waals surface area contributed by atoms with Crippen LogP contribution in [0.15, 0.2) is 36.4 Å². The number of ether oxygens (including phenoxy) is 3. The van der Waals surface area contributed by atoms with Gasteiger partial charge in [-0.15, -0.1) is 0 Å². The molecule has 6 heteroatoms. The molecule has 0 aliphatic carbocycles. The maximum atomic E-state index is 11.9. The molecular formula is C18H20N2O4. The molecule has 0 atom stereocenters. The van der Waals surface area contributed by atoms with Gasteiger partial charge < -0.3 is 24.8 Å². The molecular weight excluding hydrogens is 308 g/mol. The van der Waals surface area contributed by atoms with E-state index in [0.717, 1.165) is 11.3 Å². The van der Waals surface area contributed by atoms with Crippen LogP contribution in [0, 0.1) is 13.8 Å². The summed E-state index contributed by atoms with van der Waals surface area (Å²) in [5.74, 6) is 2.15.